The minimum Gasteiger partial charge on any atom is -0.313 e. The molecule has 0 radical (unpaired) electrons. The third kappa shape index (κ3) is 7.35. The van der Waals surface area contributed by atoms with E-state index in [1.165, 1.54) is 42.8 Å². The molecule has 0 saturated heterocycles. The van der Waals surface area contributed by atoms with E-state index in [1.807, 2.05) is 11.8 Å². The van der Waals surface area contributed by atoms with Gasteiger partial charge in [0, 0.05) is 16.7 Å². The Morgan fingerprint density at radius 3 is 2.45 bits per heavy atom. The van der Waals surface area contributed by atoms with E-state index in [0.717, 1.165) is 12.5 Å². The van der Waals surface area contributed by atoms with E-state index in [2.05, 4.69) is 56.4 Å². The number of hydrogen-bond donors (Lipinski definition) is 1. The van der Waals surface area contributed by atoms with E-state index in [4.69, 9.17) is 0 Å². The van der Waals surface area contributed by atoms with Crippen LogP contribution in [0.3, 0.4) is 0 Å². The highest BCUT2D eigenvalue weighted by molar-refractivity contribution is 7.99. The lowest BCUT2D eigenvalue weighted by molar-refractivity contribution is 0.368. The molecule has 1 aromatic rings. The van der Waals surface area contributed by atoms with Crippen molar-refractivity contribution in [3.63, 3.8) is 0 Å². The summed E-state index contributed by atoms with van der Waals surface area (Å²) < 4.78 is 0. The predicted molar refractivity (Wildman–Crippen MR) is 92.6 cm³/mol. The van der Waals surface area contributed by atoms with Crippen LogP contribution in [0.1, 0.15) is 52.9 Å². The third-order valence-corrected chi connectivity index (χ3v) is 5.02. The van der Waals surface area contributed by atoms with Gasteiger partial charge >= 0.3 is 0 Å². The van der Waals surface area contributed by atoms with E-state index >= 15 is 0 Å². The van der Waals surface area contributed by atoms with Crippen molar-refractivity contribution in [2.75, 3.05) is 12.3 Å². The second-order valence-electron chi connectivity index (χ2n) is 5.53. The maximum atomic E-state index is 3.67. The molecule has 0 saturated carbocycles. The average molecular weight is 294 g/mol. The number of thioether (sulfide) groups is 1. The van der Waals surface area contributed by atoms with Gasteiger partial charge in [-0.25, -0.2) is 0 Å². The van der Waals surface area contributed by atoms with Gasteiger partial charge in [0.25, 0.3) is 0 Å². The summed E-state index contributed by atoms with van der Waals surface area (Å²) in [6, 6.07) is 11.4. The Labute approximate surface area is 129 Å². The van der Waals surface area contributed by atoms with Gasteiger partial charge in [-0.1, -0.05) is 64.7 Å². The van der Waals surface area contributed by atoms with Crippen LogP contribution in [0.4, 0.5) is 0 Å². The number of nitrogens with one attached hydrogen (secondary N) is 1. The Balaban J connectivity index is 2.42. The fourth-order valence-electron chi connectivity index (χ4n) is 2.60. The fourth-order valence-corrected chi connectivity index (χ4v) is 3.59. The second kappa shape index (κ2) is 11.2. The molecular formula is C18H31NS. The van der Waals surface area contributed by atoms with Gasteiger partial charge in [0.15, 0.2) is 0 Å². The smallest absolute Gasteiger partial charge is 0.0164 e. The van der Waals surface area contributed by atoms with E-state index in [0.29, 0.717) is 6.04 Å². The number of unbranched alkanes of at least 4 members (excludes halogenated alkanes) is 1. The highest BCUT2D eigenvalue weighted by Gasteiger charge is 2.14. The summed E-state index contributed by atoms with van der Waals surface area (Å²) in [7, 11) is 0. The molecule has 0 bridgehead atoms. The third-order valence-electron chi connectivity index (χ3n) is 3.85. The Morgan fingerprint density at radius 1 is 1.10 bits per heavy atom. The highest BCUT2D eigenvalue weighted by atomic mass is 32.2. The molecule has 2 atom stereocenters. The lowest BCUT2D eigenvalue weighted by Crippen LogP contribution is -2.33. The quantitative estimate of drug-likeness (QED) is 0.551. The van der Waals surface area contributed by atoms with Gasteiger partial charge in [0.2, 0.25) is 0 Å². The molecule has 2 heteroatoms. The fraction of sp³-hybridized carbons (Fsp3) is 0.667. The molecule has 0 aliphatic carbocycles. The summed E-state index contributed by atoms with van der Waals surface area (Å²) in [5.41, 5.74) is 0. The van der Waals surface area contributed by atoms with Crippen molar-refractivity contribution in [2.24, 2.45) is 5.92 Å². The van der Waals surface area contributed by atoms with Crippen LogP contribution < -0.4 is 5.32 Å². The molecule has 1 N–H and O–H groups in total. The minimum absolute atomic E-state index is 0.645. The molecule has 0 aliphatic heterocycles. The second-order valence-corrected chi connectivity index (χ2v) is 6.62. The molecule has 0 amide bonds. The first-order chi connectivity index (χ1) is 9.80. The Morgan fingerprint density at radius 2 is 1.85 bits per heavy atom. The van der Waals surface area contributed by atoms with Gasteiger partial charge in [-0.05, 0) is 31.0 Å². The molecule has 2 unspecified atom stereocenters. The minimum atomic E-state index is 0.645. The molecule has 1 nitrogen and oxygen atoms in total. The molecule has 0 spiro atoms. The van der Waals surface area contributed by atoms with Crippen molar-refractivity contribution >= 4 is 11.8 Å². The van der Waals surface area contributed by atoms with Crippen LogP contribution in [0.5, 0.6) is 0 Å². The summed E-state index contributed by atoms with van der Waals surface area (Å²) in [6.45, 7) is 7.92. The summed E-state index contributed by atoms with van der Waals surface area (Å²) in [4.78, 5) is 1.39. The molecule has 1 aromatic carbocycles. The number of rotatable bonds is 11. The van der Waals surface area contributed by atoms with Gasteiger partial charge in [-0.2, -0.15) is 0 Å². The van der Waals surface area contributed by atoms with Gasteiger partial charge in [0.05, 0.1) is 0 Å². The summed E-state index contributed by atoms with van der Waals surface area (Å²) in [6.07, 6.45) is 6.73. The van der Waals surface area contributed by atoms with Gasteiger partial charge in [-0.15, -0.1) is 11.8 Å². The normalized spacial score (nSPS) is 14.2. The molecule has 0 heterocycles. The van der Waals surface area contributed by atoms with Crippen LogP contribution >= 0.6 is 11.8 Å². The zero-order valence-electron chi connectivity index (χ0n) is 13.4. The average Bonchev–Trinajstić information content (AvgIpc) is 2.50. The standard InChI is InChI=1S/C18H31NS/c1-4-7-11-16(5-2)14-17(19-6-3)15-20-18-12-9-8-10-13-18/h8-10,12-13,16-17,19H,4-7,11,14-15H2,1-3H3. The summed E-state index contributed by atoms with van der Waals surface area (Å²) >= 11 is 1.98. The van der Waals surface area contributed by atoms with Crippen LogP contribution in [-0.2, 0) is 0 Å². The van der Waals surface area contributed by atoms with Crippen molar-refractivity contribution in [3.8, 4) is 0 Å². The largest absolute Gasteiger partial charge is 0.313 e. The lowest BCUT2D eigenvalue weighted by atomic mass is 9.92. The van der Waals surface area contributed by atoms with Crippen LogP contribution in [0.2, 0.25) is 0 Å². The molecule has 0 fully saturated rings. The summed E-state index contributed by atoms with van der Waals surface area (Å²) in [5.74, 6) is 2.07. The van der Waals surface area contributed by atoms with Crippen LogP contribution in [0, 0.1) is 5.92 Å². The maximum absolute atomic E-state index is 3.67. The number of hydrogen-bond acceptors (Lipinski definition) is 2. The van der Waals surface area contributed by atoms with Crippen molar-refractivity contribution in [1.82, 2.24) is 5.32 Å². The Kier molecular flexibility index (Phi) is 9.86. The van der Waals surface area contributed by atoms with Crippen LogP contribution in [-0.4, -0.2) is 18.3 Å². The zero-order valence-corrected chi connectivity index (χ0v) is 14.2. The van der Waals surface area contributed by atoms with Gasteiger partial charge < -0.3 is 5.32 Å². The molecule has 1 rings (SSSR count). The first-order valence-electron chi connectivity index (χ1n) is 8.21. The SMILES string of the molecule is CCCCC(CC)CC(CSc1ccccc1)NCC. The highest BCUT2D eigenvalue weighted by Crippen LogP contribution is 2.23. The maximum Gasteiger partial charge on any atom is 0.0164 e. The Hall–Kier alpha value is -0.470. The zero-order chi connectivity index (χ0) is 14.6. The predicted octanol–water partition coefficient (Wildman–Crippen LogP) is 5.36. The van der Waals surface area contributed by atoms with E-state index in [-0.39, 0.29) is 0 Å². The van der Waals surface area contributed by atoms with Gasteiger partial charge in [0.1, 0.15) is 0 Å². The topological polar surface area (TPSA) is 12.0 Å². The molecule has 0 aromatic heterocycles. The molecule has 0 aliphatic rings. The van der Waals surface area contributed by atoms with E-state index in [1.54, 1.807) is 0 Å². The van der Waals surface area contributed by atoms with Crippen molar-refractivity contribution < 1.29 is 0 Å². The first kappa shape index (κ1) is 17.6. The van der Waals surface area contributed by atoms with Crippen molar-refractivity contribution in [2.45, 2.75) is 63.8 Å². The lowest BCUT2D eigenvalue weighted by Gasteiger charge is -2.23. The molecule has 114 valence electrons. The monoisotopic (exact) mass is 293 g/mol. The van der Waals surface area contributed by atoms with Crippen molar-refractivity contribution in [1.29, 1.82) is 0 Å². The Bertz CT molecular complexity index is 325. The summed E-state index contributed by atoms with van der Waals surface area (Å²) in [5, 5.41) is 3.67. The first-order valence-corrected chi connectivity index (χ1v) is 9.19. The van der Waals surface area contributed by atoms with Crippen LogP contribution in [0.25, 0.3) is 0 Å². The van der Waals surface area contributed by atoms with E-state index < -0.39 is 0 Å². The molecular weight excluding hydrogens is 262 g/mol. The van der Waals surface area contributed by atoms with Crippen LogP contribution in [0.15, 0.2) is 35.2 Å². The molecule has 20 heavy (non-hydrogen) atoms. The van der Waals surface area contributed by atoms with Crippen molar-refractivity contribution in [3.05, 3.63) is 30.3 Å². The van der Waals surface area contributed by atoms with E-state index in [9.17, 15) is 0 Å². The number of benzene rings is 1. The van der Waals surface area contributed by atoms with Gasteiger partial charge in [-0.3, -0.25) is 0 Å².